The monoisotopic (exact) mass is 537 g/mol. The molecule has 0 bridgehead atoms. The molecule has 1 N–H and O–H groups in total. The summed E-state index contributed by atoms with van der Waals surface area (Å²) in [4.78, 5) is 28.5. The third-order valence-electron chi connectivity index (χ3n) is 5.68. The molecule has 0 saturated carbocycles. The van der Waals surface area contributed by atoms with Gasteiger partial charge < -0.3 is 9.42 Å². The summed E-state index contributed by atoms with van der Waals surface area (Å²) in [6.07, 6.45) is 0.170. The molecule has 2 unspecified atom stereocenters. The van der Waals surface area contributed by atoms with Crippen LogP contribution in [0.4, 0.5) is 0 Å². The van der Waals surface area contributed by atoms with Gasteiger partial charge >= 0.3 is 7.60 Å². The van der Waals surface area contributed by atoms with E-state index in [1.165, 1.54) is 0 Å². The molecule has 0 aliphatic heterocycles. The van der Waals surface area contributed by atoms with Crippen LogP contribution < -0.4 is 5.30 Å². The highest BCUT2D eigenvalue weighted by Crippen LogP contribution is 2.45. The normalized spacial score (nSPS) is 14.0. The molecular formula is C27H25BrNO4P. The fourth-order valence-electron chi connectivity index (χ4n) is 3.62. The van der Waals surface area contributed by atoms with Gasteiger partial charge in [-0.25, -0.2) is 4.98 Å². The second-order valence-corrected chi connectivity index (χ2v) is 10.4. The lowest BCUT2D eigenvalue weighted by Gasteiger charge is -2.19. The molecule has 4 aromatic rings. The largest absolute Gasteiger partial charge is 0.361 e. The molecule has 0 saturated heterocycles. The maximum Gasteiger partial charge on any atom is 0.361 e. The lowest BCUT2D eigenvalue weighted by molar-refractivity contribution is 0.103. The number of aromatic nitrogens is 1. The van der Waals surface area contributed by atoms with Crippen LogP contribution in [-0.4, -0.2) is 21.8 Å². The van der Waals surface area contributed by atoms with Gasteiger partial charge in [-0.1, -0.05) is 83.5 Å². The number of carbonyl (C=O) groups is 1. The van der Waals surface area contributed by atoms with Crippen LogP contribution in [0.3, 0.4) is 0 Å². The first-order chi connectivity index (χ1) is 16.3. The first kappa shape index (κ1) is 24.5. The lowest BCUT2D eigenvalue weighted by Crippen LogP contribution is -2.16. The number of fused-ring (bicyclic) bond motifs is 1. The van der Waals surface area contributed by atoms with Gasteiger partial charge in [0.2, 0.25) is 5.78 Å². The molecule has 5 nitrogen and oxygen atoms in total. The second kappa shape index (κ2) is 10.3. The van der Waals surface area contributed by atoms with Crippen molar-refractivity contribution in [1.29, 1.82) is 0 Å². The predicted molar refractivity (Wildman–Crippen MR) is 140 cm³/mol. The summed E-state index contributed by atoms with van der Waals surface area (Å²) in [6.45, 7) is 3.64. The molecule has 1 heterocycles. The SMILES string of the molecule is CCC(C)OP(=O)(O)c1cc(-c2ccc(CBr)cc2)cc2ccc(C(=O)c3ccccc3)nc12. The van der Waals surface area contributed by atoms with Crippen LogP contribution in [0.25, 0.3) is 22.0 Å². The van der Waals surface area contributed by atoms with Crippen LogP contribution in [0, 0.1) is 0 Å². The highest BCUT2D eigenvalue weighted by atomic mass is 79.9. The van der Waals surface area contributed by atoms with E-state index >= 15 is 0 Å². The standard InChI is InChI=1S/C27H25BrNO4P/c1-3-18(2)33-34(31,32)25-16-23(20-11-9-19(17-28)10-12-20)15-22-13-14-24(29-26(22)25)27(30)21-7-5-4-6-8-21/h4-16,18H,3,17H2,1-2H3,(H,31,32). The molecule has 0 aliphatic rings. The number of alkyl halides is 1. The highest BCUT2D eigenvalue weighted by molar-refractivity contribution is 9.08. The second-order valence-electron chi connectivity index (χ2n) is 8.13. The van der Waals surface area contributed by atoms with E-state index in [-0.39, 0.29) is 22.3 Å². The summed E-state index contributed by atoms with van der Waals surface area (Å²) in [7, 11) is -4.23. The van der Waals surface area contributed by atoms with Gasteiger partial charge in [0.25, 0.3) is 0 Å². The van der Waals surface area contributed by atoms with Crippen molar-refractivity contribution in [2.45, 2.75) is 31.7 Å². The average Bonchev–Trinajstić information content (AvgIpc) is 2.87. The first-order valence-corrected chi connectivity index (χ1v) is 13.7. The van der Waals surface area contributed by atoms with E-state index in [4.69, 9.17) is 4.52 Å². The van der Waals surface area contributed by atoms with Crippen LogP contribution >= 0.6 is 23.5 Å². The Bertz CT molecular complexity index is 1370. The third kappa shape index (κ3) is 5.21. The van der Waals surface area contributed by atoms with Gasteiger partial charge in [0.1, 0.15) is 5.69 Å². The van der Waals surface area contributed by atoms with Gasteiger partial charge in [0.15, 0.2) is 0 Å². The fraction of sp³-hybridized carbons (Fsp3) is 0.185. The Morgan fingerprint density at radius 2 is 1.74 bits per heavy atom. The molecular weight excluding hydrogens is 513 g/mol. The van der Waals surface area contributed by atoms with Gasteiger partial charge in [-0.15, -0.1) is 0 Å². The average molecular weight is 538 g/mol. The van der Waals surface area contributed by atoms with E-state index in [2.05, 4.69) is 20.9 Å². The van der Waals surface area contributed by atoms with E-state index in [1.54, 1.807) is 49.4 Å². The summed E-state index contributed by atoms with van der Waals surface area (Å²) in [5.41, 5.74) is 3.80. The van der Waals surface area contributed by atoms with Crippen molar-refractivity contribution in [2.24, 2.45) is 0 Å². The molecule has 2 atom stereocenters. The molecule has 1 aromatic heterocycles. The Morgan fingerprint density at radius 3 is 2.38 bits per heavy atom. The van der Waals surface area contributed by atoms with Crippen LogP contribution in [0.1, 0.15) is 41.9 Å². The zero-order valence-corrected chi connectivity index (χ0v) is 21.4. The maximum absolute atomic E-state index is 13.4. The predicted octanol–water partition coefficient (Wildman–Crippen LogP) is 6.65. The summed E-state index contributed by atoms with van der Waals surface area (Å²) in [5, 5.41) is 1.49. The summed E-state index contributed by atoms with van der Waals surface area (Å²) >= 11 is 3.45. The van der Waals surface area contributed by atoms with E-state index < -0.39 is 13.7 Å². The highest BCUT2D eigenvalue weighted by Gasteiger charge is 2.29. The topological polar surface area (TPSA) is 76.5 Å². The Labute approximate surface area is 207 Å². The van der Waals surface area contributed by atoms with Gasteiger partial charge in [0.05, 0.1) is 16.9 Å². The zero-order valence-electron chi connectivity index (χ0n) is 18.9. The fourth-order valence-corrected chi connectivity index (χ4v) is 5.50. The van der Waals surface area contributed by atoms with Crippen molar-refractivity contribution in [3.63, 3.8) is 0 Å². The van der Waals surface area contributed by atoms with Crippen LogP contribution in [0.2, 0.25) is 0 Å². The van der Waals surface area contributed by atoms with Crippen LogP contribution in [0.5, 0.6) is 0 Å². The van der Waals surface area contributed by atoms with Crippen molar-refractivity contribution in [2.75, 3.05) is 0 Å². The number of ketones is 1. The van der Waals surface area contributed by atoms with E-state index in [0.717, 1.165) is 22.0 Å². The number of benzene rings is 3. The van der Waals surface area contributed by atoms with Crippen molar-refractivity contribution in [3.8, 4) is 11.1 Å². The van der Waals surface area contributed by atoms with Gasteiger partial charge in [-0.2, -0.15) is 0 Å². The molecule has 0 spiro atoms. The molecule has 0 fully saturated rings. The Kier molecular flexibility index (Phi) is 7.44. The zero-order chi connectivity index (χ0) is 24.3. The number of hydrogen-bond acceptors (Lipinski definition) is 4. The summed E-state index contributed by atoms with van der Waals surface area (Å²) in [5.74, 6) is -0.251. The molecule has 7 heteroatoms. The van der Waals surface area contributed by atoms with Gasteiger partial charge in [-0.3, -0.25) is 9.36 Å². The van der Waals surface area contributed by atoms with Crippen molar-refractivity contribution < 1.29 is 18.8 Å². The number of pyridine rings is 1. The Hall–Kier alpha value is -2.63. The Morgan fingerprint density at radius 1 is 1.03 bits per heavy atom. The summed E-state index contributed by atoms with van der Waals surface area (Å²) in [6, 6.07) is 23.8. The number of halogens is 1. The number of nitrogens with zero attached hydrogens (tertiary/aromatic N) is 1. The van der Waals surface area contributed by atoms with Crippen LogP contribution in [-0.2, 0) is 14.4 Å². The van der Waals surface area contributed by atoms with E-state index in [0.29, 0.717) is 17.4 Å². The smallest absolute Gasteiger partial charge is 0.321 e. The molecule has 0 radical (unpaired) electrons. The Balaban J connectivity index is 1.89. The number of carbonyl (C=O) groups excluding carboxylic acids is 1. The van der Waals surface area contributed by atoms with Crippen molar-refractivity contribution in [1.82, 2.24) is 4.98 Å². The molecule has 0 aliphatic carbocycles. The number of hydrogen-bond donors (Lipinski definition) is 1. The van der Waals surface area contributed by atoms with Gasteiger partial charge in [-0.05, 0) is 48.2 Å². The van der Waals surface area contributed by atoms with Crippen LogP contribution in [0.15, 0.2) is 78.9 Å². The lowest BCUT2D eigenvalue weighted by atomic mass is 10.0. The minimum absolute atomic E-state index is 0.0904. The number of rotatable bonds is 8. The van der Waals surface area contributed by atoms with Gasteiger partial charge in [0, 0.05) is 16.3 Å². The molecule has 174 valence electrons. The van der Waals surface area contributed by atoms with Crippen molar-refractivity contribution >= 4 is 45.5 Å². The molecule has 34 heavy (non-hydrogen) atoms. The molecule has 4 rings (SSSR count). The summed E-state index contributed by atoms with van der Waals surface area (Å²) < 4.78 is 19.0. The molecule has 3 aromatic carbocycles. The maximum atomic E-state index is 13.4. The minimum Gasteiger partial charge on any atom is -0.321 e. The van der Waals surface area contributed by atoms with E-state index in [1.807, 2.05) is 43.3 Å². The minimum atomic E-state index is -4.23. The van der Waals surface area contributed by atoms with Crippen molar-refractivity contribution in [3.05, 3.63) is 95.7 Å². The van der Waals surface area contributed by atoms with E-state index in [9.17, 15) is 14.3 Å². The molecule has 0 amide bonds. The first-order valence-electron chi connectivity index (χ1n) is 11.0. The quantitative estimate of drug-likeness (QED) is 0.154. The third-order valence-corrected chi connectivity index (χ3v) is 7.93.